The van der Waals surface area contributed by atoms with Crippen LogP contribution >= 0.6 is 0 Å². The van der Waals surface area contributed by atoms with Crippen molar-refractivity contribution in [1.82, 2.24) is 9.55 Å². The molecular weight excluding hydrogens is 323 g/mol. The van der Waals surface area contributed by atoms with Crippen LogP contribution in [0.3, 0.4) is 0 Å². The van der Waals surface area contributed by atoms with Crippen LogP contribution in [0.2, 0.25) is 0 Å². The van der Waals surface area contributed by atoms with E-state index in [9.17, 15) is 23.1 Å². The summed E-state index contributed by atoms with van der Waals surface area (Å²) in [4.78, 5) is 16.1. The Morgan fingerprint density at radius 3 is 2.42 bits per heavy atom. The summed E-state index contributed by atoms with van der Waals surface area (Å²) in [5.74, 6) is -1.30. The van der Waals surface area contributed by atoms with Crippen molar-refractivity contribution in [3.8, 4) is 5.75 Å². The summed E-state index contributed by atoms with van der Waals surface area (Å²) < 4.78 is 40.5. The molecule has 5 nitrogen and oxygen atoms in total. The van der Waals surface area contributed by atoms with E-state index in [0.717, 1.165) is 0 Å². The Morgan fingerprint density at radius 1 is 1.12 bits per heavy atom. The fraction of sp³-hybridized carbons (Fsp3) is 0.125. The van der Waals surface area contributed by atoms with Gasteiger partial charge in [-0.15, -0.1) is 0 Å². The zero-order chi connectivity index (χ0) is 17.5. The number of alkyl halides is 3. The number of rotatable bonds is 2. The molecule has 0 aliphatic carbocycles. The van der Waals surface area contributed by atoms with Gasteiger partial charge in [0.25, 0.3) is 5.56 Å². The van der Waals surface area contributed by atoms with Crippen LogP contribution in [0.1, 0.15) is 11.4 Å². The van der Waals surface area contributed by atoms with E-state index in [-0.39, 0.29) is 28.9 Å². The van der Waals surface area contributed by atoms with Gasteiger partial charge in [-0.1, -0.05) is 12.1 Å². The zero-order valence-corrected chi connectivity index (χ0v) is 12.2. The van der Waals surface area contributed by atoms with Crippen molar-refractivity contribution in [2.75, 3.05) is 5.73 Å². The molecular formula is C16H12F3N3O2. The number of benzene rings is 2. The van der Waals surface area contributed by atoms with Crippen molar-refractivity contribution < 1.29 is 18.3 Å². The SMILES string of the molecule is Nc1ccc2nc(C(F)(F)F)n(Cc3ccc(O)cc3)c(=O)c2c1. The minimum Gasteiger partial charge on any atom is -0.508 e. The highest BCUT2D eigenvalue weighted by atomic mass is 19.4. The molecule has 1 heterocycles. The topological polar surface area (TPSA) is 81.1 Å². The van der Waals surface area contributed by atoms with Gasteiger partial charge in [-0.25, -0.2) is 4.98 Å². The van der Waals surface area contributed by atoms with Gasteiger partial charge in [-0.05, 0) is 35.9 Å². The maximum atomic E-state index is 13.3. The number of aromatic nitrogens is 2. The lowest BCUT2D eigenvalue weighted by Gasteiger charge is -2.15. The molecule has 8 heteroatoms. The van der Waals surface area contributed by atoms with Crippen LogP contribution in [-0.2, 0) is 12.7 Å². The number of halogens is 3. The molecule has 3 rings (SSSR count). The molecule has 3 aromatic rings. The summed E-state index contributed by atoms with van der Waals surface area (Å²) in [6.45, 7) is -0.328. The summed E-state index contributed by atoms with van der Waals surface area (Å²) in [7, 11) is 0. The predicted octanol–water partition coefficient (Wildman–Crippen LogP) is 2.75. The molecule has 0 spiro atoms. The zero-order valence-electron chi connectivity index (χ0n) is 12.2. The third kappa shape index (κ3) is 2.90. The van der Waals surface area contributed by atoms with Gasteiger partial charge in [-0.3, -0.25) is 9.36 Å². The first-order valence-electron chi connectivity index (χ1n) is 6.91. The number of phenols is 1. The molecule has 0 aliphatic rings. The van der Waals surface area contributed by atoms with Crippen molar-refractivity contribution in [2.24, 2.45) is 0 Å². The summed E-state index contributed by atoms with van der Waals surface area (Å²) >= 11 is 0. The second kappa shape index (κ2) is 5.55. The normalized spacial score (nSPS) is 11.8. The standard InChI is InChI=1S/C16H12F3N3O2/c17-16(18,19)15-21-13-6-3-10(20)7-12(13)14(24)22(15)8-9-1-4-11(23)5-2-9/h1-7,23H,8,20H2. The lowest BCUT2D eigenvalue weighted by Crippen LogP contribution is -2.30. The van der Waals surface area contributed by atoms with E-state index in [2.05, 4.69) is 4.98 Å². The fourth-order valence-corrected chi connectivity index (χ4v) is 2.39. The van der Waals surface area contributed by atoms with Crippen LogP contribution in [0.15, 0.2) is 47.3 Å². The summed E-state index contributed by atoms with van der Waals surface area (Å²) in [5.41, 5.74) is 5.40. The Hall–Kier alpha value is -3.03. The summed E-state index contributed by atoms with van der Waals surface area (Å²) in [6, 6.07) is 9.51. The molecule has 0 unspecified atom stereocenters. The summed E-state index contributed by atoms with van der Waals surface area (Å²) in [6.07, 6.45) is -4.79. The maximum absolute atomic E-state index is 13.3. The molecule has 0 fully saturated rings. The Labute approximate surface area is 133 Å². The van der Waals surface area contributed by atoms with Crippen LogP contribution in [0.5, 0.6) is 5.75 Å². The lowest BCUT2D eigenvalue weighted by atomic mass is 10.2. The van der Waals surface area contributed by atoms with Crippen molar-refractivity contribution in [3.63, 3.8) is 0 Å². The monoisotopic (exact) mass is 335 g/mol. The third-order valence-electron chi connectivity index (χ3n) is 3.51. The molecule has 3 N–H and O–H groups in total. The van der Waals surface area contributed by atoms with E-state index < -0.39 is 17.6 Å². The third-order valence-corrected chi connectivity index (χ3v) is 3.51. The molecule has 0 atom stereocenters. The second-order valence-electron chi connectivity index (χ2n) is 5.27. The fourth-order valence-electron chi connectivity index (χ4n) is 2.39. The molecule has 2 aromatic carbocycles. The Morgan fingerprint density at radius 2 is 1.79 bits per heavy atom. The van der Waals surface area contributed by atoms with E-state index in [1.807, 2.05) is 0 Å². The molecule has 0 radical (unpaired) electrons. The van der Waals surface area contributed by atoms with E-state index in [4.69, 9.17) is 5.73 Å². The van der Waals surface area contributed by atoms with Gasteiger partial charge in [0.05, 0.1) is 17.4 Å². The van der Waals surface area contributed by atoms with Gasteiger partial charge in [0.2, 0.25) is 5.82 Å². The van der Waals surface area contributed by atoms with Crippen molar-refractivity contribution in [1.29, 1.82) is 0 Å². The van der Waals surface area contributed by atoms with E-state index >= 15 is 0 Å². The van der Waals surface area contributed by atoms with Gasteiger partial charge in [0, 0.05) is 5.69 Å². The lowest BCUT2D eigenvalue weighted by molar-refractivity contribution is -0.147. The molecule has 0 bridgehead atoms. The average Bonchev–Trinajstić information content (AvgIpc) is 2.51. The Kier molecular flexibility index (Phi) is 3.67. The van der Waals surface area contributed by atoms with E-state index in [0.29, 0.717) is 10.1 Å². The van der Waals surface area contributed by atoms with Crippen LogP contribution < -0.4 is 11.3 Å². The number of anilines is 1. The number of phenolic OH excluding ortho intramolecular Hbond substituents is 1. The van der Waals surface area contributed by atoms with Gasteiger partial charge < -0.3 is 10.8 Å². The van der Waals surface area contributed by atoms with Gasteiger partial charge in [0.1, 0.15) is 5.75 Å². The highest BCUT2D eigenvalue weighted by Crippen LogP contribution is 2.28. The Bertz CT molecular complexity index is 963. The first-order valence-corrected chi connectivity index (χ1v) is 6.91. The highest BCUT2D eigenvalue weighted by molar-refractivity contribution is 5.81. The predicted molar refractivity (Wildman–Crippen MR) is 82.6 cm³/mol. The average molecular weight is 335 g/mol. The number of hydrogen-bond donors (Lipinski definition) is 2. The first-order chi connectivity index (χ1) is 11.3. The Balaban J connectivity index is 2.25. The molecule has 0 aliphatic heterocycles. The van der Waals surface area contributed by atoms with Crippen molar-refractivity contribution >= 4 is 16.6 Å². The van der Waals surface area contributed by atoms with Crippen LogP contribution in [0.4, 0.5) is 18.9 Å². The molecule has 0 saturated heterocycles. The number of nitrogens with zero attached hydrogens (tertiary/aromatic N) is 2. The second-order valence-corrected chi connectivity index (χ2v) is 5.27. The van der Waals surface area contributed by atoms with Crippen LogP contribution in [0, 0.1) is 0 Å². The minimum atomic E-state index is -4.79. The number of nitrogen functional groups attached to an aromatic ring is 1. The van der Waals surface area contributed by atoms with Crippen LogP contribution in [0.25, 0.3) is 10.9 Å². The number of nitrogens with two attached hydrogens (primary N) is 1. The first kappa shape index (κ1) is 15.9. The smallest absolute Gasteiger partial charge is 0.449 e. The van der Waals surface area contributed by atoms with Gasteiger partial charge in [0.15, 0.2) is 0 Å². The number of hydrogen-bond acceptors (Lipinski definition) is 4. The van der Waals surface area contributed by atoms with Gasteiger partial charge >= 0.3 is 6.18 Å². The molecule has 24 heavy (non-hydrogen) atoms. The molecule has 1 aromatic heterocycles. The maximum Gasteiger partial charge on any atom is 0.449 e. The quantitative estimate of drug-likeness (QED) is 0.706. The number of aromatic hydroxyl groups is 1. The number of fused-ring (bicyclic) bond motifs is 1. The highest BCUT2D eigenvalue weighted by Gasteiger charge is 2.37. The molecule has 0 saturated carbocycles. The van der Waals surface area contributed by atoms with E-state index in [1.165, 1.54) is 42.5 Å². The van der Waals surface area contributed by atoms with Crippen molar-refractivity contribution in [2.45, 2.75) is 12.7 Å². The van der Waals surface area contributed by atoms with Crippen molar-refractivity contribution in [3.05, 3.63) is 64.2 Å². The summed E-state index contributed by atoms with van der Waals surface area (Å²) in [5, 5.41) is 9.27. The van der Waals surface area contributed by atoms with E-state index in [1.54, 1.807) is 0 Å². The minimum absolute atomic E-state index is 0.0155. The molecule has 124 valence electrons. The molecule has 0 amide bonds. The van der Waals surface area contributed by atoms with Gasteiger partial charge in [-0.2, -0.15) is 13.2 Å². The van der Waals surface area contributed by atoms with Crippen LogP contribution in [-0.4, -0.2) is 14.7 Å². The largest absolute Gasteiger partial charge is 0.508 e.